The van der Waals surface area contributed by atoms with Gasteiger partial charge in [0.05, 0.1) is 5.10 Å². The van der Waals surface area contributed by atoms with Crippen LogP contribution in [0.2, 0.25) is 0 Å². The molecule has 0 spiro atoms. The molecular weight excluding hydrogens is 256 g/mol. The monoisotopic (exact) mass is 262 g/mol. The molecule has 0 radical (unpaired) electrons. The highest BCUT2D eigenvalue weighted by Gasteiger charge is 2.30. The number of nitro groups is 2. The van der Waals surface area contributed by atoms with Crippen LogP contribution in [0.5, 0.6) is 0 Å². The van der Waals surface area contributed by atoms with Gasteiger partial charge in [0.15, 0.2) is 0 Å². The van der Waals surface area contributed by atoms with Crippen molar-refractivity contribution in [2.75, 3.05) is 0 Å². The minimum Gasteiger partial charge on any atom is -0.390 e. The molecule has 13 heteroatoms. The summed E-state index contributed by atoms with van der Waals surface area (Å²) in [5.41, 5.74) is 0. The van der Waals surface area contributed by atoms with Gasteiger partial charge in [0, 0.05) is 4.98 Å². The number of hydrogen-bond acceptors (Lipinski definition) is 9. The van der Waals surface area contributed by atoms with Crippen molar-refractivity contribution >= 4 is 11.9 Å². The Bertz CT molecular complexity index is 497. The molecular formula is C5H6N6O7. The Morgan fingerprint density at radius 2 is 1.89 bits per heavy atom. The molecule has 1 atom stereocenters. The normalized spacial score (nSPS) is 11.8. The lowest BCUT2D eigenvalue weighted by Gasteiger charge is -2.04. The van der Waals surface area contributed by atoms with Crippen LogP contribution in [0, 0.1) is 30.3 Å². The van der Waals surface area contributed by atoms with Crippen LogP contribution >= 0.6 is 0 Å². The SMILES string of the molecule is CC(Cn1nc([N+](=O)[O-])nc1[N+](=O)[O-])O[N+](=O)[O-]. The molecule has 0 bridgehead atoms. The zero-order valence-corrected chi connectivity index (χ0v) is 8.83. The molecule has 18 heavy (non-hydrogen) atoms. The van der Waals surface area contributed by atoms with Gasteiger partial charge in [-0.05, 0) is 16.8 Å². The summed E-state index contributed by atoms with van der Waals surface area (Å²) in [7, 11) is 0. The van der Waals surface area contributed by atoms with Gasteiger partial charge in [-0.2, -0.15) is 0 Å². The summed E-state index contributed by atoms with van der Waals surface area (Å²) in [6.45, 7) is 0.832. The van der Waals surface area contributed by atoms with Crippen molar-refractivity contribution in [3.8, 4) is 0 Å². The molecule has 1 aromatic heterocycles. The molecule has 0 aromatic carbocycles. The van der Waals surface area contributed by atoms with Crippen molar-refractivity contribution in [3.05, 3.63) is 30.3 Å². The van der Waals surface area contributed by atoms with Crippen molar-refractivity contribution in [2.24, 2.45) is 0 Å². The number of nitrogens with zero attached hydrogens (tertiary/aromatic N) is 6. The predicted molar refractivity (Wildman–Crippen MR) is 50.9 cm³/mol. The lowest BCUT2D eigenvalue weighted by atomic mass is 10.4. The van der Waals surface area contributed by atoms with E-state index < -0.39 is 39.5 Å². The first-order valence-electron chi connectivity index (χ1n) is 4.36. The Labute approximate surface area is 97.4 Å². The third kappa shape index (κ3) is 3.06. The Morgan fingerprint density at radius 3 is 2.33 bits per heavy atom. The summed E-state index contributed by atoms with van der Waals surface area (Å²) in [5.74, 6) is -1.85. The maximum absolute atomic E-state index is 10.5. The van der Waals surface area contributed by atoms with E-state index in [2.05, 4.69) is 14.9 Å². The molecule has 98 valence electrons. The maximum Gasteiger partial charge on any atom is 0.508 e. The van der Waals surface area contributed by atoms with Crippen LogP contribution in [-0.4, -0.2) is 35.8 Å². The van der Waals surface area contributed by atoms with Gasteiger partial charge in [0.2, 0.25) is 0 Å². The van der Waals surface area contributed by atoms with E-state index in [1.165, 1.54) is 6.92 Å². The van der Waals surface area contributed by atoms with Crippen molar-refractivity contribution in [2.45, 2.75) is 19.6 Å². The van der Waals surface area contributed by atoms with E-state index in [1.807, 2.05) is 0 Å². The van der Waals surface area contributed by atoms with E-state index in [9.17, 15) is 30.3 Å². The van der Waals surface area contributed by atoms with Gasteiger partial charge in [-0.1, -0.05) is 4.68 Å². The van der Waals surface area contributed by atoms with E-state index in [0.717, 1.165) is 0 Å². The van der Waals surface area contributed by atoms with E-state index >= 15 is 0 Å². The van der Waals surface area contributed by atoms with E-state index in [1.54, 1.807) is 0 Å². The fraction of sp³-hybridized carbons (Fsp3) is 0.600. The summed E-state index contributed by atoms with van der Waals surface area (Å²) in [6.07, 6.45) is -1.07. The largest absolute Gasteiger partial charge is 0.508 e. The highest BCUT2D eigenvalue weighted by Crippen LogP contribution is 2.14. The van der Waals surface area contributed by atoms with Gasteiger partial charge in [-0.3, -0.25) is 0 Å². The molecule has 0 aliphatic rings. The van der Waals surface area contributed by atoms with Gasteiger partial charge >= 0.3 is 11.9 Å². The maximum atomic E-state index is 10.5. The minimum atomic E-state index is -1.08. The molecule has 0 amide bonds. The molecule has 13 nitrogen and oxygen atoms in total. The highest BCUT2D eigenvalue weighted by atomic mass is 17.0. The summed E-state index contributed by atoms with van der Waals surface area (Å²) < 4.78 is 0.562. The van der Waals surface area contributed by atoms with Crippen LogP contribution in [0.15, 0.2) is 0 Å². The summed E-state index contributed by atoms with van der Waals surface area (Å²) in [4.78, 5) is 36.1. The second kappa shape index (κ2) is 4.98. The topological polar surface area (TPSA) is 169 Å². The number of aromatic nitrogens is 3. The molecule has 1 heterocycles. The van der Waals surface area contributed by atoms with Crippen LogP contribution in [0.25, 0.3) is 0 Å². The molecule has 0 saturated heterocycles. The molecule has 0 aliphatic heterocycles. The molecule has 1 aromatic rings. The predicted octanol–water partition coefficient (Wildman–Crippen LogP) is -0.309. The average Bonchev–Trinajstić information content (AvgIpc) is 2.60. The first-order chi connectivity index (χ1) is 8.31. The van der Waals surface area contributed by atoms with Crippen molar-refractivity contribution in [3.63, 3.8) is 0 Å². The van der Waals surface area contributed by atoms with Gasteiger partial charge in [-0.25, -0.2) is 0 Å². The molecule has 0 fully saturated rings. The number of rotatable bonds is 6. The van der Waals surface area contributed by atoms with Gasteiger partial charge in [-0.15, -0.1) is 10.1 Å². The van der Waals surface area contributed by atoms with Gasteiger partial charge in [0.25, 0.3) is 5.09 Å². The fourth-order valence-corrected chi connectivity index (χ4v) is 1.08. The summed E-state index contributed by atoms with van der Waals surface area (Å²) >= 11 is 0. The van der Waals surface area contributed by atoms with E-state index in [-0.39, 0.29) is 0 Å². The van der Waals surface area contributed by atoms with E-state index in [0.29, 0.717) is 4.68 Å². The van der Waals surface area contributed by atoms with Gasteiger partial charge < -0.3 is 25.1 Å². The molecule has 1 unspecified atom stereocenters. The van der Waals surface area contributed by atoms with Crippen LogP contribution in [0.1, 0.15) is 6.92 Å². The van der Waals surface area contributed by atoms with Crippen LogP contribution < -0.4 is 0 Å². The smallest absolute Gasteiger partial charge is 0.390 e. The molecule has 0 N–H and O–H groups in total. The van der Waals surface area contributed by atoms with Crippen molar-refractivity contribution in [1.82, 2.24) is 14.8 Å². The Morgan fingerprint density at radius 1 is 1.28 bits per heavy atom. The van der Waals surface area contributed by atoms with Crippen molar-refractivity contribution in [1.29, 1.82) is 0 Å². The second-order valence-corrected chi connectivity index (χ2v) is 3.05. The van der Waals surface area contributed by atoms with E-state index in [4.69, 9.17) is 0 Å². The summed E-state index contributed by atoms with van der Waals surface area (Å²) in [5, 5.41) is 33.1. The quantitative estimate of drug-likeness (QED) is 0.492. The van der Waals surface area contributed by atoms with Crippen LogP contribution in [0.4, 0.5) is 11.9 Å². The standard InChI is InChI=1S/C5H6N6O7/c1-3(18-11(16)17)2-8-5(10(14)15)6-4(7-8)9(12)13/h3H,2H2,1H3. The Kier molecular flexibility index (Phi) is 3.65. The molecule has 0 saturated carbocycles. The zero-order valence-electron chi connectivity index (χ0n) is 8.83. The van der Waals surface area contributed by atoms with Crippen LogP contribution in [-0.2, 0) is 11.4 Å². The van der Waals surface area contributed by atoms with Crippen LogP contribution in [0.3, 0.4) is 0 Å². The second-order valence-electron chi connectivity index (χ2n) is 3.05. The third-order valence-corrected chi connectivity index (χ3v) is 1.66. The zero-order chi connectivity index (χ0) is 13.9. The Balaban J connectivity index is 2.96. The fourth-order valence-electron chi connectivity index (χ4n) is 1.08. The lowest BCUT2D eigenvalue weighted by Crippen LogP contribution is -2.21. The molecule has 0 aliphatic carbocycles. The minimum absolute atomic E-state index is 0.419. The lowest BCUT2D eigenvalue weighted by molar-refractivity contribution is -0.768. The first-order valence-corrected chi connectivity index (χ1v) is 4.36. The third-order valence-electron chi connectivity index (χ3n) is 1.66. The summed E-state index contributed by atoms with van der Waals surface area (Å²) in [6, 6.07) is 0. The highest BCUT2D eigenvalue weighted by molar-refractivity contribution is 5.14. The first kappa shape index (κ1) is 13.2. The average molecular weight is 262 g/mol. The van der Waals surface area contributed by atoms with Crippen molar-refractivity contribution < 1.29 is 19.8 Å². The Hall–Kier alpha value is -2.86. The van der Waals surface area contributed by atoms with Gasteiger partial charge in [0.1, 0.15) is 12.6 Å². The number of hydrogen-bond donors (Lipinski definition) is 0. The molecule has 1 rings (SSSR count).